The number of aliphatic carboxylic acids is 1. The highest BCUT2D eigenvalue weighted by Gasteiger charge is 2.33. The van der Waals surface area contributed by atoms with E-state index in [1.54, 1.807) is 30.3 Å². The molecular formula is C18H12NO4S2-. The van der Waals surface area contributed by atoms with Gasteiger partial charge in [-0.3, -0.25) is 9.69 Å². The molecule has 126 valence electrons. The monoisotopic (exact) mass is 370 g/mol. The molecule has 1 aliphatic rings. The van der Waals surface area contributed by atoms with Gasteiger partial charge in [0.15, 0.2) is 4.32 Å². The summed E-state index contributed by atoms with van der Waals surface area (Å²) in [6.07, 6.45) is 1.74. The van der Waals surface area contributed by atoms with Crippen LogP contribution in [0.5, 0.6) is 5.75 Å². The largest absolute Gasteiger partial charge is 0.546 e. The fraction of sp³-hybridized carbons (Fsp3) is 0.0556. The Morgan fingerprint density at radius 2 is 1.84 bits per heavy atom. The molecule has 0 atom stereocenters. The van der Waals surface area contributed by atoms with Crippen LogP contribution < -0.4 is 14.7 Å². The van der Waals surface area contributed by atoms with E-state index in [4.69, 9.17) is 17.0 Å². The summed E-state index contributed by atoms with van der Waals surface area (Å²) in [6.45, 7) is -0.505. The Labute approximate surface area is 153 Å². The number of carboxylic acid groups (broad SMARTS) is 1. The number of rotatable bonds is 5. The van der Waals surface area contributed by atoms with Gasteiger partial charge in [-0.1, -0.05) is 54.3 Å². The van der Waals surface area contributed by atoms with Crippen molar-refractivity contribution in [3.8, 4) is 5.75 Å². The molecule has 0 saturated carbocycles. The molecule has 0 N–H and O–H groups in total. The summed E-state index contributed by atoms with van der Waals surface area (Å²) in [6, 6.07) is 16.0. The normalized spacial score (nSPS) is 15.7. The van der Waals surface area contributed by atoms with Crippen molar-refractivity contribution in [3.05, 3.63) is 65.1 Å². The average Bonchev–Trinajstić information content (AvgIpc) is 2.88. The fourth-order valence-electron chi connectivity index (χ4n) is 2.22. The van der Waals surface area contributed by atoms with Gasteiger partial charge in [-0.15, -0.1) is 0 Å². The minimum Gasteiger partial charge on any atom is -0.546 e. The molecule has 5 nitrogen and oxygen atoms in total. The van der Waals surface area contributed by atoms with Crippen molar-refractivity contribution >= 4 is 51.9 Å². The zero-order valence-electron chi connectivity index (χ0n) is 12.9. The first kappa shape index (κ1) is 17.2. The second-order valence-electron chi connectivity index (χ2n) is 5.08. The van der Waals surface area contributed by atoms with Gasteiger partial charge in [0.25, 0.3) is 5.91 Å². The number of amides is 1. The van der Waals surface area contributed by atoms with E-state index < -0.39 is 12.6 Å². The Kier molecular flexibility index (Phi) is 5.16. The Balaban J connectivity index is 1.77. The zero-order valence-corrected chi connectivity index (χ0v) is 14.5. The third-order valence-corrected chi connectivity index (χ3v) is 4.64. The minimum atomic E-state index is -1.28. The Hall–Kier alpha value is -2.64. The molecule has 0 unspecified atom stereocenters. The van der Waals surface area contributed by atoms with Crippen LogP contribution in [0.4, 0.5) is 5.69 Å². The summed E-state index contributed by atoms with van der Waals surface area (Å²) in [5, 5.41) is 10.4. The minimum absolute atomic E-state index is 0.168. The van der Waals surface area contributed by atoms with Crippen molar-refractivity contribution in [1.82, 2.24) is 0 Å². The van der Waals surface area contributed by atoms with E-state index in [2.05, 4.69) is 0 Å². The number of para-hydroxylation sites is 1. The highest BCUT2D eigenvalue weighted by molar-refractivity contribution is 8.27. The van der Waals surface area contributed by atoms with Crippen molar-refractivity contribution in [1.29, 1.82) is 0 Å². The molecule has 7 heteroatoms. The Bertz CT molecular complexity index is 847. The van der Waals surface area contributed by atoms with Crippen molar-refractivity contribution in [3.63, 3.8) is 0 Å². The maximum Gasteiger partial charge on any atom is 0.270 e. The molecule has 0 radical (unpaired) electrons. The molecular weight excluding hydrogens is 358 g/mol. The molecule has 1 fully saturated rings. The fourth-order valence-corrected chi connectivity index (χ4v) is 3.52. The smallest absolute Gasteiger partial charge is 0.270 e. The highest BCUT2D eigenvalue weighted by Crippen LogP contribution is 2.35. The van der Waals surface area contributed by atoms with Crippen LogP contribution in [0, 0.1) is 0 Å². The van der Waals surface area contributed by atoms with E-state index in [1.165, 1.54) is 16.7 Å². The topological polar surface area (TPSA) is 69.7 Å². The first-order valence-corrected chi connectivity index (χ1v) is 8.53. The van der Waals surface area contributed by atoms with Crippen molar-refractivity contribution < 1.29 is 19.4 Å². The highest BCUT2D eigenvalue weighted by atomic mass is 32.2. The summed E-state index contributed by atoms with van der Waals surface area (Å²) in [5.41, 5.74) is 1.52. The molecule has 1 saturated heterocycles. The van der Waals surface area contributed by atoms with Crippen LogP contribution in [-0.4, -0.2) is 22.8 Å². The number of hydrogen-bond acceptors (Lipinski definition) is 6. The summed E-state index contributed by atoms with van der Waals surface area (Å²) in [4.78, 5) is 25.0. The lowest BCUT2D eigenvalue weighted by Crippen LogP contribution is -2.28. The molecule has 2 aromatic rings. The van der Waals surface area contributed by atoms with Crippen LogP contribution >= 0.6 is 24.0 Å². The van der Waals surface area contributed by atoms with Gasteiger partial charge in [0.05, 0.1) is 16.6 Å². The van der Waals surface area contributed by atoms with E-state index in [0.29, 0.717) is 15.0 Å². The number of thiocarbonyl (C=S) groups is 1. The summed E-state index contributed by atoms with van der Waals surface area (Å²) in [7, 11) is 0. The predicted molar refractivity (Wildman–Crippen MR) is 99.0 cm³/mol. The molecule has 0 aromatic heterocycles. The molecule has 1 heterocycles. The number of thioether (sulfide) groups is 1. The molecule has 3 rings (SSSR count). The number of carboxylic acids is 1. The van der Waals surface area contributed by atoms with Gasteiger partial charge in [-0.25, -0.2) is 0 Å². The maximum atomic E-state index is 12.6. The number of nitrogens with zero attached hydrogens (tertiary/aromatic N) is 1. The first-order chi connectivity index (χ1) is 12.0. The van der Waals surface area contributed by atoms with Gasteiger partial charge in [0, 0.05) is 0 Å². The number of benzene rings is 2. The molecule has 0 spiro atoms. The number of carbonyl (C=O) groups excluding carboxylic acids is 2. The number of carbonyl (C=O) groups is 2. The SMILES string of the molecule is O=C([O-])COc1ccc(/C=C2/SC(=S)N(c3ccccc3)C2=O)cc1. The first-order valence-electron chi connectivity index (χ1n) is 7.30. The van der Waals surface area contributed by atoms with E-state index in [-0.39, 0.29) is 5.91 Å². The van der Waals surface area contributed by atoms with Crippen LogP contribution in [0.15, 0.2) is 59.5 Å². The number of hydrogen-bond donors (Lipinski definition) is 0. The van der Waals surface area contributed by atoms with Crippen LogP contribution in [-0.2, 0) is 9.59 Å². The predicted octanol–water partition coefficient (Wildman–Crippen LogP) is 2.22. The second kappa shape index (κ2) is 7.50. The van der Waals surface area contributed by atoms with Gasteiger partial charge in [0.2, 0.25) is 0 Å². The number of ether oxygens (including phenoxy) is 1. The Morgan fingerprint density at radius 1 is 1.16 bits per heavy atom. The molecule has 1 aliphatic heterocycles. The van der Waals surface area contributed by atoms with Gasteiger partial charge in [-0.2, -0.15) is 0 Å². The van der Waals surface area contributed by atoms with Crippen LogP contribution in [0.1, 0.15) is 5.56 Å². The lowest BCUT2D eigenvalue weighted by Gasteiger charge is -2.13. The number of anilines is 1. The average molecular weight is 370 g/mol. The quantitative estimate of drug-likeness (QED) is 0.594. The molecule has 1 amide bonds. The van der Waals surface area contributed by atoms with Crippen LogP contribution in [0.25, 0.3) is 6.08 Å². The van der Waals surface area contributed by atoms with Gasteiger partial charge >= 0.3 is 0 Å². The summed E-state index contributed by atoms with van der Waals surface area (Å²) < 4.78 is 5.50. The zero-order chi connectivity index (χ0) is 17.8. The molecule has 25 heavy (non-hydrogen) atoms. The van der Waals surface area contributed by atoms with Gasteiger partial charge in [-0.05, 0) is 35.9 Å². The van der Waals surface area contributed by atoms with E-state index >= 15 is 0 Å². The van der Waals surface area contributed by atoms with Crippen LogP contribution in [0.2, 0.25) is 0 Å². The summed E-state index contributed by atoms with van der Waals surface area (Å²) >= 11 is 6.56. The van der Waals surface area contributed by atoms with Crippen LogP contribution in [0.3, 0.4) is 0 Å². The van der Waals surface area contributed by atoms with Gasteiger partial charge in [0.1, 0.15) is 12.4 Å². The van der Waals surface area contributed by atoms with Crippen molar-refractivity contribution in [2.24, 2.45) is 0 Å². The summed E-state index contributed by atoms with van der Waals surface area (Å²) in [5.74, 6) is -1.04. The second-order valence-corrected chi connectivity index (χ2v) is 6.76. The maximum absolute atomic E-state index is 12.6. The van der Waals surface area contributed by atoms with Crippen molar-refractivity contribution in [2.45, 2.75) is 0 Å². The molecule has 0 aliphatic carbocycles. The van der Waals surface area contributed by atoms with E-state index in [1.807, 2.05) is 30.3 Å². The molecule has 2 aromatic carbocycles. The lowest BCUT2D eigenvalue weighted by atomic mass is 10.2. The van der Waals surface area contributed by atoms with E-state index in [0.717, 1.165) is 11.3 Å². The third kappa shape index (κ3) is 4.07. The lowest BCUT2D eigenvalue weighted by molar-refractivity contribution is -0.307. The molecule has 0 bridgehead atoms. The van der Waals surface area contributed by atoms with Crippen molar-refractivity contribution in [2.75, 3.05) is 11.5 Å². The third-order valence-electron chi connectivity index (χ3n) is 3.34. The standard InChI is InChI=1S/C18H13NO4S2/c20-16(21)11-23-14-8-6-12(7-9-14)10-15-17(22)19(18(24)25-15)13-4-2-1-3-5-13/h1-10H,11H2,(H,20,21)/p-1/b15-10+. The van der Waals surface area contributed by atoms with Gasteiger partial charge < -0.3 is 14.6 Å². The Morgan fingerprint density at radius 3 is 2.48 bits per heavy atom. The van der Waals surface area contributed by atoms with E-state index in [9.17, 15) is 14.7 Å².